The molecule has 0 saturated carbocycles. The number of nitrogens with zero attached hydrogens (tertiary/aromatic N) is 2. The predicted octanol–water partition coefficient (Wildman–Crippen LogP) is 1.36. The molecule has 2 unspecified atom stereocenters. The highest BCUT2D eigenvalue weighted by Crippen LogP contribution is 2.26. The van der Waals surface area contributed by atoms with Gasteiger partial charge >= 0.3 is 0 Å². The first-order chi connectivity index (χ1) is 7.56. The lowest BCUT2D eigenvalue weighted by atomic mass is 10.3. The summed E-state index contributed by atoms with van der Waals surface area (Å²) >= 11 is 1.38. The molecule has 0 aromatic carbocycles. The van der Waals surface area contributed by atoms with E-state index in [1.807, 2.05) is 6.92 Å². The molecule has 1 aromatic rings. The van der Waals surface area contributed by atoms with E-state index in [1.165, 1.54) is 26.0 Å². The summed E-state index contributed by atoms with van der Waals surface area (Å²) in [5, 5.41) is 9.94. The summed E-state index contributed by atoms with van der Waals surface area (Å²) in [5.41, 5.74) is 0. The van der Waals surface area contributed by atoms with Crippen molar-refractivity contribution in [3.63, 3.8) is 0 Å². The number of hydrogen-bond acceptors (Lipinski definition) is 6. The van der Waals surface area contributed by atoms with Crippen LogP contribution in [0.3, 0.4) is 0 Å². The van der Waals surface area contributed by atoms with Crippen molar-refractivity contribution in [2.45, 2.75) is 30.4 Å². The van der Waals surface area contributed by atoms with E-state index in [0.717, 1.165) is 0 Å². The number of aliphatic hydroxyl groups excluding tert-OH is 1. The molecule has 0 fully saturated rings. The van der Waals surface area contributed by atoms with Crippen molar-refractivity contribution < 1.29 is 14.6 Å². The number of aliphatic hydroxyl groups is 1. The monoisotopic (exact) mass is 244 g/mol. The Morgan fingerprint density at radius 2 is 1.69 bits per heavy atom. The third-order valence-corrected chi connectivity index (χ3v) is 3.21. The van der Waals surface area contributed by atoms with E-state index in [9.17, 15) is 5.11 Å². The van der Waals surface area contributed by atoms with Gasteiger partial charge in [0.2, 0.25) is 11.8 Å². The van der Waals surface area contributed by atoms with Crippen LogP contribution in [0, 0.1) is 0 Å². The first kappa shape index (κ1) is 13.1. The van der Waals surface area contributed by atoms with Crippen molar-refractivity contribution in [3.05, 3.63) is 6.07 Å². The first-order valence-electron chi connectivity index (χ1n) is 4.88. The molecular weight excluding hydrogens is 228 g/mol. The van der Waals surface area contributed by atoms with Gasteiger partial charge in [0.1, 0.15) is 0 Å². The van der Waals surface area contributed by atoms with Gasteiger partial charge in [-0.3, -0.25) is 0 Å². The first-order valence-corrected chi connectivity index (χ1v) is 5.76. The summed E-state index contributed by atoms with van der Waals surface area (Å²) in [4.78, 5) is 8.32. The third-order valence-electron chi connectivity index (χ3n) is 2.05. The molecule has 0 bridgehead atoms. The second kappa shape index (κ2) is 5.91. The normalized spacial score (nSPS) is 14.3. The molecule has 5 nitrogen and oxygen atoms in total. The minimum atomic E-state index is -0.425. The molecule has 0 aliphatic rings. The van der Waals surface area contributed by atoms with Crippen LogP contribution in [0.1, 0.15) is 13.8 Å². The van der Waals surface area contributed by atoms with Gasteiger partial charge in [0, 0.05) is 5.25 Å². The van der Waals surface area contributed by atoms with Gasteiger partial charge in [-0.05, 0) is 6.92 Å². The van der Waals surface area contributed by atoms with Gasteiger partial charge in [0.05, 0.1) is 26.4 Å². The van der Waals surface area contributed by atoms with E-state index in [-0.39, 0.29) is 5.25 Å². The second-order valence-corrected chi connectivity index (χ2v) is 4.64. The van der Waals surface area contributed by atoms with Gasteiger partial charge in [-0.25, -0.2) is 0 Å². The molecule has 90 valence electrons. The Hall–Kier alpha value is -1.01. The Balaban J connectivity index is 2.86. The van der Waals surface area contributed by atoms with Crippen LogP contribution >= 0.6 is 11.8 Å². The van der Waals surface area contributed by atoms with Gasteiger partial charge in [-0.1, -0.05) is 18.7 Å². The second-order valence-electron chi connectivity index (χ2n) is 3.30. The molecule has 0 saturated heterocycles. The maximum atomic E-state index is 9.40. The van der Waals surface area contributed by atoms with Crippen LogP contribution in [-0.4, -0.2) is 40.6 Å². The zero-order chi connectivity index (χ0) is 12.1. The number of aromatic nitrogens is 2. The molecule has 0 amide bonds. The highest BCUT2D eigenvalue weighted by Gasteiger charge is 2.14. The summed E-state index contributed by atoms with van der Waals surface area (Å²) in [6.45, 7) is 3.64. The molecular formula is C10H16N2O3S. The lowest BCUT2D eigenvalue weighted by Crippen LogP contribution is -2.15. The summed E-state index contributed by atoms with van der Waals surface area (Å²) in [7, 11) is 3.07. The van der Waals surface area contributed by atoms with Gasteiger partial charge in [-0.2, -0.15) is 9.97 Å². The number of rotatable bonds is 5. The summed E-state index contributed by atoms with van der Waals surface area (Å²) in [6, 6.07) is 1.61. The molecule has 1 aromatic heterocycles. The number of hydrogen-bond donors (Lipinski definition) is 1. The average molecular weight is 244 g/mol. The van der Waals surface area contributed by atoms with Crippen molar-refractivity contribution in [1.29, 1.82) is 0 Å². The molecule has 1 N–H and O–H groups in total. The minimum Gasteiger partial charge on any atom is -0.481 e. The number of thioether (sulfide) groups is 1. The Labute approximate surface area is 99.2 Å². The SMILES string of the molecule is COc1cc(OC)nc(SC(C)C(C)O)n1. The van der Waals surface area contributed by atoms with E-state index < -0.39 is 6.10 Å². The Bertz CT molecular complexity index is 325. The maximum absolute atomic E-state index is 9.40. The van der Waals surface area contributed by atoms with Crippen LogP contribution < -0.4 is 9.47 Å². The maximum Gasteiger partial charge on any atom is 0.220 e. The minimum absolute atomic E-state index is 0.0109. The molecule has 0 aliphatic heterocycles. The van der Waals surface area contributed by atoms with Crippen LogP contribution in [0.4, 0.5) is 0 Å². The van der Waals surface area contributed by atoms with Crippen LogP contribution in [0.5, 0.6) is 11.8 Å². The fourth-order valence-corrected chi connectivity index (χ4v) is 1.73. The smallest absolute Gasteiger partial charge is 0.220 e. The van der Waals surface area contributed by atoms with Crippen molar-refractivity contribution in [3.8, 4) is 11.8 Å². The van der Waals surface area contributed by atoms with Gasteiger partial charge in [0.25, 0.3) is 0 Å². The molecule has 1 heterocycles. The fourth-order valence-electron chi connectivity index (χ4n) is 0.910. The van der Waals surface area contributed by atoms with Gasteiger partial charge < -0.3 is 14.6 Å². The lowest BCUT2D eigenvalue weighted by Gasteiger charge is -2.13. The summed E-state index contributed by atoms with van der Waals surface area (Å²) in [6.07, 6.45) is -0.425. The van der Waals surface area contributed by atoms with E-state index in [2.05, 4.69) is 9.97 Å². The standard InChI is InChI=1S/C10H16N2O3S/c1-6(13)7(2)16-10-11-8(14-3)5-9(12-10)15-4/h5-7,13H,1-4H3. The summed E-state index contributed by atoms with van der Waals surface area (Å²) in [5.74, 6) is 0.902. The third kappa shape index (κ3) is 3.53. The topological polar surface area (TPSA) is 64.5 Å². The zero-order valence-electron chi connectivity index (χ0n) is 9.80. The number of ether oxygens (including phenoxy) is 2. The van der Waals surface area contributed by atoms with Crippen LogP contribution in [-0.2, 0) is 0 Å². The molecule has 16 heavy (non-hydrogen) atoms. The van der Waals surface area contributed by atoms with Crippen molar-refractivity contribution in [2.75, 3.05) is 14.2 Å². The molecule has 6 heteroatoms. The molecule has 2 atom stereocenters. The molecule has 0 spiro atoms. The Morgan fingerprint density at radius 3 is 2.06 bits per heavy atom. The van der Waals surface area contributed by atoms with Crippen molar-refractivity contribution in [2.24, 2.45) is 0 Å². The van der Waals surface area contributed by atoms with Crippen molar-refractivity contribution >= 4 is 11.8 Å². The van der Waals surface area contributed by atoms with Crippen LogP contribution in [0.25, 0.3) is 0 Å². The van der Waals surface area contributed by atoms with E-state index in [0.29, 0.717) is 16.9 Å². The van der Waals surface area contributed by atoms with E-state index in [4.69, 9.17) is 9.47 Å². The molecule has 1 rings (SSSR count). The van der Waals surface area contributed by atoms with Gasteiger partial charge in [-0.15, -0.1) is 0 Å². The molecule has 0 aliphatic carbocycles. The predicted molar refractivity (Wildman–Crippen MR) is 62.1 cm³/mol. The van der Waals surface area contributed by atoms with Gasteiger partial charge in [0.15, 0.2) is 5.16 Å². The largest absolute Gasteiger partial charge is 0.481 e. The van der Waals surface area contributed by atoms with Crippen LogP contribution in [0.2, 0.25) is 0 Å². The highest BCUT2D eigenvalue weighted by molar-refractivity contribution is 7.99. The zero-order valence-corrected chi connectivity index (χ0v) is 10.6. The lowest BCUT2D eigenvalue weighted by molar-refractivity contribution is 0.196. The Kier molecular flexibility index (Phi) is 4.82. The highest BCUT2D eigenvalue weighted by atomic mass is 32.2. The quantitative estimate of drug-likeness (QED) is 0.623. The summed E-state index contributed by atoms with van der Waals surface area (Å²) < 4.78 is 10.1. The number of methoxy groups -OCH3 is 2. The van der Waals surface area contributed by atoms with Crippen molar-refractivity contribution in [1.82, 2.24) is 9.97 Å². The average Bonchev–Trinajstić information content (AvgIpc) is 2.28. The Morgan fingerprint density at radius 1 is 1.19 bits per heavy atom. The fraction of sp³-hybridized carbons (Fsp3) is 0.600. The van der Waals surface area contributed by atoms with Crippen LogP contribution in [0.15, 0.2) is 11.2 Å². The van der Waals surface area contributed by atoms with E-state index >= 15 is 0 Å². The molecule has 0 radical (unpaired) electrons. The van der Waals surface area contributed by atoms with E-state index in [1.54, 1.807) is 13.0 Å².